The van der Waals surface area contributed by atoms with Crippen molar-refractivity contribution in [1.29, 1.82) is 0 Å². The molecule has 1 aromatic carbocycles. The zero-order chi connectivity index (χ0) is 15.2. The summed E-state index contributed by atoms with van der Waals surface area (Å²) in [5, 5.41) is 19.4. The third kappa shape index (κ3) is 4.82. The topological polar surface area (TPSA) is 83.7 Å². The van der Waals surface area contributed by atoms with Crippen LogP contribution >= 0.6 is 0 Å². The van der Waals surface area contributed by atoms with Crippen LogP contribution in [0.3, 0.4) is 0 Å². The third-order valence-corrected chi connectivity index (χ3v) is 3.92. The molecular formula is C15H20N2O4. The molecule has 6 heteroatoms. The Hall–Kier alpha value is -1.95. The van der Waals surface area contributed by atoms with Crippen LogP contribution < -0.4 is 0 Å². The van der Waals surface area contributed by atoms with Crippen molar-refractivity contribution in [2.75, 3.05) is 13.1 Å². The summed E-state index contributed by atoms with van der Waals surface area (Å²) in [6.07, 6.45) is 3.13. The van der Waals surface area contributed by atoms with E-state index in [4.69, 9.17) is 5.11 Å². The number of hydrogen-bond acceptors (Lipinski definition) is 4. The highest BCUT2D eigenvalue weighted by atomic mass is 16.6. The predicted molar refractivity (Wildman–Crippen MR) is 78.0 cm³/mol. The molecule has 1 saturated heterocycles. The van der Waals surface area contributed by atoms with E-state index in [1.54, 1.807) is 12.1 Å². The van der Waals surface area contributed by atoms with E-state index in [-0.39, 0.29) is 12.1 Å². The summed E-state index contributed by atoms with van der Waals surface area (Å²) in [6, 6.07) is 6.64. The Morgan fingerprint density at radius 1 is 1.38 bits per heavy atom. The Morgan fingerprint density at radius 3 is 2.71 bits per heavy atom. The molecule has 0 saturated carbocycles. The van der Waals surface area contributed by atoms with Gasteiger partial charge in [-0.05, 0) is 37.3 Å². The van der Waals surface area contributed by atoms with Gasteiger partial charge in [0, 0.05) is 31.6 Å². The second-order valence-electron chi connectivity index (χ2n) is 5.60. The van der Waals surface area contributed by atoms with Crippen LogP contribution in [-0.2, 0) is 11.3 Å². The lowest BCUT2D eigenvalue weighted by atomic mass is 9.93. The number of carboxylic acids is 1. The molecule has 0 radical (unpaired) electrons. The number of likely N-dealkylation sites (tertiary alicyclic amines) is 1. The summed E-state index contributed by atoms with van der Waals surface area (Å²) in [5.74, 6) is -0.296. The highest BCUT2D eigenvalue weighted by molar-refractivity contribution is 5.66. The van der Waals surface area contributed by atoms with Crippen LogP contribution in [0, 0.1) is 16.0 Å². The monoisotopic (exact) mass is 292 g/mol. The molecule has 0 spiro atoms. The maximum atomic E-state index is 10.6. The van der Waals surface area contributed by atoms with Gasteiger partial charge in [0.15, 0.2) is 0 Å². The Kier molecular flexibility index (Phi) is 5.27. The van der Waals surface area contributed by atoms with E-state index < -0.39 is 10.9 Å². The molecule has 1 unspecified atom stereocenters. The molecule has 1 aromatic rings. The lowest BCUT2D eigenvalue weighted by Crippen LogP contribution is -2.35. The summed E-state index contributed by atoms with van der Waals surface area (Å²) in [6.45, 7) is 2.67. The first kappa shape index (κ1) is 15.4. The van der Waals surface area contributed by atoms with Gasteiger partial charge in [-0.1, -0.05) is 12.1 Å². The van der Waals surface area contributed by atoms with Crippen molar-refractivity contribution in [2.24, 2.45) is 5.92 Å². The quantitative estimate of drug-likeness (QED) is 0.643. The number of nitro groups is 1. The number of rotatable bonds is 6. The molecule has 6 nitrogen and oxygen atoms in total. The first-order valence-corrected chi connectivity index (χ1v) is 7.22. The van der Waals surface area contributed by atoms with Crippen molar-refractivity contribution in [2.45, 2.75) is 32.2 Å². The Labute approximate surface area is 123 Å². The van der Waals surface area contributed by atoms with E-state index in [9.17, 15) is 14.9 Å². The SMILES string of the molecule is O=C(O)CCC1CCCN(Cc2ccc([N+](=O)[O-])cc2)C1. The Bertz CT molecular complexity index is 501. The van der Waals surface area contributed by atoms with Crippen molar-refractivity contribution < 1.29 is 14.8 Å². The van der Waals surface area contributed by atoms with Gasteiger partial charge in [-0.25, -0.2) is 0 Å². The van der Waals surface area contributed by atoms with Gasteiger partial charge in [-0.15, -0.1) is 0 Å². The molecule has 1 aliphatic heterocycles. The van der Waals surface area contributed by atoms with E-state index in [1.807, 2.05) is 0 Å². The summed E-state index contributed by atoms with van der Waals surface area (Å²) in [5.41, 5.74) is 1.16. The number of benzene rings is 1. The molecule has 2 rings (SSSR count). The molecular weight excluding hydrogens is 272 g/mol. The summed E-state index contributed by atoms with van der Waals surface area (Å²) in [7, 11) is 0. The zero-order valence-electron chi connectivity index (χ0n) is 11.9. The molecule has 114 valence electrons. The van der Waals surface area contributed by atoms with Crippen molar-refractivity contribution in [1.82, 2.24) is 4.90 Å². The van der Waals surface area contributed by atoms with Crippen molar-refractivity contribution in [3.05, 3.63) is 39.9 Å². The predicted octanol–water partition coefficient (Wildman–Crippen LogP) is 2.67. The van der Waals surface area contributed by atoms with Gasteiger partial charge in [0.2, 0.25) is 0 Å². The normalized spacial score (nSPS) is 19.3. The van der Waals surface area contributed by atoms with Crippen LogP contribution in [0.5, 0.6) is 0 Å². The van der Waals surface area contributed by atoms with E-state index >= 15 is 0 Å². The lowest BCUT2D eigenvalue weighted by Gasteiger charge is -2.32. The fourth-order valence-electron chi connectivity index (χ4n) is 2.84. The van der Waals surface area contributed by atoms with Gasteiger partial charge in [-0.2, -0.15) is 0 Å². The molecule has 1 N–H and O–H groups in total. The molecule has 0 aromatic heterocycles. The maximum Gasteiger partial charge on any atom is 0.303 e. The fraction of sp³-hybridized carbons (Fsp3) is 0.533. The van der Waals surface area contributed by atoms with Crippen LogP contribution in [0.4, 0.5) is 5.69 Å². The first-order chi connectivity index (χ1) is 10.0. The van der Waals surface area contributed by atoms with E-state index in [1.165, 1.54) is 12.1 Å². The van der Waals surface area contributed by atoms with E-state index in [0.717, 1.165) is 44.5 Å². The van der Waals surface area contributed by atoms with Gasteiger partial charge in [0.05, 0.1) is 4.92 Å². The minimum atomic E-state index is -0.734. The summed E-state index contributed by atoms with van der Waals surface area (Å²) in [4.78, 5) is 23.2. The maximum absolute atomic E-state index is 10.6. The molecule has 1 heterocycles. The highest BCUT2D eigenvalue weighted by Gasteiger charge is 2.20. The number of non-ortho nitro benzene ring substituents is 1. The standard InChI is InChI=1S/C15H20N2O4/c18-15(19)8-5-12-2-1-9-16(10-12)11-13-3-6-14(7-4-13)17(20)21/h3-4,6-7,12H,1-2,5,8-11H2,(H,18,19). The number of hydrogen-bond donors (Lipinski definition) is 1. The fourth-order valence-corrected chi connectivity index (χ4v) is 2.84. The van der Waals surface area contributed by atoms with Gasteiger partial charge in [0.25, 0.3) is 5.69 Å². The van der Waals surface area contributed by atoms with Crippen molar-refractivity contribution in [3.63, 3.8) is 0 Å². The van der Waals surface area contributed by atoms with Crippen LogP contribution in [-0.4, -0.2) is 34.0 Å². The average Bonchev–Trinajstić information content (AvgIpc) is 2.46. The molecule has 1 atom stereocenters. The Morgan fingerprint density at radius 2 is 2.10 bits per heavy atom. The van der Waals surface area contributed by atoms with E-state index in [2.05, 4.69) is 4.90 Å². The number of nitro benzene ring substituents is 1. The zero-order valence-corrected chi connectivity index (χ0v) is 11.9. The van der Waals surface area contributed by atoms with Crippen molar-refractivity contribution in [3.8, 4) is 0 Å². The summed E-state index contributed by atoms with van der Waals surface area (Å²) >= 11 is 0. The van der Waals surface area contributed by atoms with Crippen LogP contribution in [0.2, 0.25) is 0 Å². The van der Waals surface area contributed by atoms with Gasteiger partial charge in [0.1, 0.15) is 0 Å². The number of aliphatic carboxylic acids is 1. The highest BCUT2D eigenvalue weighted by Crippen LogP contribution is 2.23. The number of carboxylic acid groups (broad SMARTS) is 1. The molecule has 21 heavy (non-hydrogen) atoms. The second-order valence-corrected chi connectivity index (χ2v) is 5.60. The number of nitrogens with zero attached hydrogens (tertiary/aromatic N) is 2. The molecule has 0 aliphatic carbocycles. The summed E-state index contributed by atoms with van der Waals surface area (Å²) < 4.78 is 0. The number of carbonyl (C=O) groups is 1. The van der Waals surface area contributed by atoms with Gasteiger partial charge in [-0.3, -0.25) is 19.8 Å². The van der Waals surface area contributed by atoms with Gasteiger partial charge < -0.3 is 5.11 Å². The molecule has 1 fully saturated rings. The van der Waals surface area contributed by atoms with Crippen LogP contribution in [0.1, 0.15) is 31.2 Å². The average molecular weight is 292 g/mol. The van der Waals surface area contributed by atoms with Crippen LogP contribution in [0.25, 0.3) is 0 Å². The van der Waals surface area contributed by atoms with E-state index in [0.29, 0.717) is 5.92 Å². The first-order valence-electron chi connectivity index (χ1n) is 7.22. The second kappa shape index (κ2) is 7.17. The smallest absolute Gasteiger partial charge is 0.303 e. The van der Waals surface area contributed by atoms with Gasteiger partial charge >= 0.3 is 5.97 Å². The molecule has 0 amide bonds. The number of piperidine rings is 1. The third-order valence-electron chi connectivity index (χ3n) is 3.92. The largest absolute Gasteiger partial charge is 0.481 e. The van der Waals surface area contributed by atoms with Crippen molar-refractivity contribution >= 4 is 11.7 Å². The molecule has 0 bridgehead atoms. The molecule has 1 aliphatic rings. The Balaban J connectivity index is 1.87. The minimum absolute atomic E-state index is 0.108. The lowest BCUT2D eigenvalue weighted by molar-refractivity contribution is -0.384. The van der Waals surface area contributed by atoms with Crippen LogP contribution in [0.15, 0.2) is 24.3 Å². The minimum Gasteiger partial charge on any atom is -0.481 e.